The van der Waals surface area contributed by atoms with Gasteiger partial charge in [-0.15, -0.1) is 0 Å². The Bertz CT molecular complexity index is 701. The number of nitrogens with one attached hydrogen (secondary N) is 1. The molecule has 3 N–H and O–H groups in total. The van der Waals surface area contributed by atoms with Crippen LogP contribution in [0.5, 0.6) is 0 Å². The van der Waals surface area contributed by atoms with Gasteiger partial charge in [-0.1, -0.05) is 12.1 Å². The van der Waals surface area contributed by atoms with Gasteiger partial charge >= 0.3 is 12.1 Å². The lowest BCUT2D eigenvalue weighted by molar-refractivity contribution is 0.0472. The van der Waals surface area contributed by atoms with E-state index in [1.807, 2.05) is 0 Å². The molecule has 24 heavy (non-hydrogen) atoms. The Hall–Kier alpha value is -2.93. The van der Waals surface area contributed by atoms with Crippen LogP contribution < -0.4 is 11.1 Å². The van der Waals surface area contributed by atoms with E-state index in [4.69, 9.17) is 15.2 Å². The highest BCUT2D eigenvalue weighted by Gasteiger charge is 2.09. The predicted molar refractivity (Wildman–Crippen MR) is 88.3 cm³/mol. The number of nitrogens with two attached hydrogens (primary N) is 1. The maximum absolute atomic E-state index is 12.0. The number of rotatable bonds is 6. The van der Waals surface area contributed by atoms with Crippen molar-refractivity contribution in [2.45, 2.75) is 20.1 Å². The lowest BCUT2D eigenvalue weighted by Gasteiger charge is -2.08. The van der Waals surface area contributed by atoms with E-state index in [2.05, 4.69) is 10.3 Å². The lowest BCUT2D eigenvalue weighted by atomic mass is 10.2. The minimum absolute atomic E-state index is 0.124. The van der Waals surface area contributed by atoms with Crippen molar-refractivity contribution in [1.82, 2.24) is 4.98 Å². The van der Waals surface area contributed by atoms with Crippen LogP contribution in [-0.2, 0) is 22.6 Å². The third kappa shape index (κ3) is 5.06. The Morgan fingerprint density at radius 1 is 1.17 bits per heavy atom. The molecule has 7 nitrogen and oxygen atoms in total. The van der Waals surface area contributed by atoms with E-state index in [9.17, 15) is 9.59 Å². The van der Waals surface area contributed by atoms with Gasteiger partial charge in [-0.3, -0.25) is 10.3 Å². The van der Waals surface area contributed by atoms with Gasteiger partial charge in [0.05, 0.1) is 17.9 Å². The summed E-state index contributed by atoms with van der Waals surface area (Å²) in [4.78, 5) is 27.3. The highest BCUT2D eigenvalue weighted by molar-refractivity contribution is 5.89. The summed E-state index contributed by atoms with van der Waals surface area (Å²) in [6, 6.07) is 10.1. The standard InChI is InChI=1S/C17H19N3O4/c1-2-23-17(22)20-14-5-3-12(4-6-14)11-24-16(21)13-7-8-19-15(9-13)10-18/h3-9H,2,10-11,18H2,1H3,(H,20,22). The van der Waals surface area contributed by atoms with Crippen molar-refractivity contribution in [3.8, 4) is 0 Å². The first-order valence-corrected chi connectivity index (χ1v) is 7.47. The molecule has 2 rings (SSSR count). The highest BCUT2D eigenvalue weighted by Crippen LogP contribution is 2.12. The second kappa shape index (κ2) is 8.64. The Balaban J connectivity index is 1.89. The number of pyridine rings is 1. The summed E-state index contributed by atoms with van der Waals surface area (Å²) < 4.78 is 10.0. The van der Waals surface area contributed by atoms with E-state index in [0.717, 1.165) is 5.56 Å². The molecule has 0 aliphatic heterocycles. The van der Waals surface area contributed by atoms with Gasteiger partial charge in [0.1, 0.15) is 6.61 Å². The van der Waals surface area contributed by atoms with Crippen LogP contribution in [0.4, 0.5) is 10.5 Å². The van der Waals surface area contributed by atoms with E-state index in [1.54, 1.807) is 43.3 Å². The lowest BCUT2D eigenvalue weighted by Crippen LogP contribution is -2.13. The van der Waals surface area contributed by atoms with Crippen molar-refractivity contribution in [3.63, 3.8) is 0 Å². The second-order valence-electron chi connectivity index (χ2n) is 4.86. The minimum atomic E-state index is -0.509. The van der Waals surface area contributed by atoms with Crippen molar-refractivity contribution in [2.75, 3.05) is 11.9 Å². The van der Waals surface area contributed by atoms with Gasteiger partial charge in [0.15, 0.2) is 0 Å². The van der Waals surface area contributed by atoms with Gasteiger partial charge in [-0.05, 0) is 36.8 Å². The molecule has 7 heteroatoms. The zero-order valence-corrected chi connectivity index (χ0v) is 13.3. The third-order valence-electron chi connectivity index (χ3n) is 3.11. The molecule has 0 spiro atoms. The fourth-order valence-electron chi connectivity index (χ4n) is 1.92. The molecule has 0 atom stereocenters. The van der Waals surface area contributed by atoms with Crippen molar-refractivity contribution >= 4 is 17.7 Å². The van der Waals surface area contributed by atoms with Crippen LogP contribution in [-0.4, -0.2) is 23.7 Å². The van der Waals surface area contributed by atoms with Crippen LogP contribution in [0, 0.1) is 0 Å². The average Bonchev–Trinajstić information content (AvgIpc) is 2.61. The van der Waals surface area contributed by atoms with Crippen LogP contribution in [0.25, 0.3) is 0 Å². The van der Waals surface area contributed by atoms with Gasteiger partial charge in [-0.2, -0.15) is 0 Å². The van der Waals surface area contributed by atoms with E-state index in [1.165, 1.54) is 6.20 Å². The number of esters is 1. The van der Waals surface area contributed by atoms with Crippen LogP contribution in [0.3, 0.4) is 0 Å². The Kier molecular flexibility index (Phi) is 6.27. The fourth-order valence-corrected chi connectivity index (χ4v) is 1.92. The molecule has 0 bridgehead atoms. The summed E-state index contributed by atoms with van der Waals surface area (Å²) in [6.07, 6.45) is 1.01. The first-order valence-electron chi connectivity index (χ1n) is 7.47. The highest BCUT2D eigenvalue weighted by atomic mass is 16.5. The maximum atomic E-state index is 12.0. The predicted octanol–water partition coefficient (Wildman–Crippen LogP) is 2.47. The molecule has 0 saturated heterocycles. The summed E-state index contributed by atoms with van der Waals surface area (Å²) in [5.74, 6) is -0.444. The van der Waals surface area contributed by atoms with Gasteiger partial charge in [-0.25, -0.2) is 9.59 Å². The zero-order valence-electron chi connectivity index (χ0n) is 13.3. The molecule has 0 aliphatic carbocycles. The number of carbonyl (C=O) groups is 2. The molecule has 0 radical (unpaired) electrons. The van der Waals surface area contributed by atoms with Crippen molar-refractivity contribution in [1.29, 1.82) is 0 Å². The SMILES string of the molecule is CCOC(=O)Nc1ccc(COC(=O)c2ccnc(CN)c2)cc1. The molecule has 1 heterocycles. The van der Waals surface area contributed by atoms with Crippen LogP contribution in [0.1, 0.15) is 28.5 Å². The molecule has 126 valence electrons. The van der Waals surface area contributed by atoms with Gasteiger partial charge in [0, 0.05) is 18.4 Å². The minimum Gasteiger partial charge on any atom is -0.457 e. The molecular formula is C17H19N3O4. The summed E-state index contributed by atoms with van der Waals surface area (Å²) in [5.41, 5.74) is 7.93. The molecular weight excluding hydrogens is 310 g/mol. The van der Waals surface area contributed by atoms with Gasteiger partial charge in [0.25, 0.3) is 0 Å². The number of ether oxygens (including phenoxy) is 2. The van der Waals surface area contributed by atoms with E-state index in [-0.39, 0.29) is 13.2 Å². The largest absolute Gasteiger partial charge is 0.457 e. The number of hydrogen-bond donors (Lipinski definition) is 2. The Morgan fingerprint density at radius 3 is 2.58 bits per heavy atom. The monoisotopic (exact) mass is 329 g/mol. The number of hydrogen-bond acceptors (Lipinski definition) is 6. The van der Waals surface area contributed by atoms with Gasteiger partial charge in [0.2, 0.25) is 0 Å². The van der Waals surface area contributed by atoms with E-state index >= 15 is 0 Å². The third-order valence-corrected chi connectivity index (χ3v) is 3.11. The van der Waals surface area contributed by atoms with E-state index < -0.39 is 12.1 Å². The Labute approximate surface area is 139 Å². The summed E-state index contributed by atoms with van der Waals surface area (Å²) in [5, 5.41) is 2.59. The molecule has 0 fully saturated rings. The van der Waals surface area contributed by atoms with Crippen molar-refractivity contribution < 1.29 is 19.1 Å². The molecule has 0 saturated carbocycles. The van der Waals surface area contributed by atoms with Crippen LogP contribution in [0.2, 0.25) is 0 Å². The average molecular weight is 329 g/mol. The second-order valence-corrected chi connectivity index (χ2v) is 4.86. The van der Waals surface area contributed by atoms with Crippen molar-refractivity contribution in [2.24, 2.45) is 5.73 Å². The molecule has 1 aromatic heterocycles. The molecule has 0 unspecified atom stereocenters. The topological polar surface area (TPSA) is 104 Å². The van der Waals surface area contributed by atoms with Gasteiger partial charge < -0.3 is 15.2 Å². The Morgan fingerprint density at radius 2 is 1.92 bits per heavy atom. The maximum Gasteiger partial charge on any atom is 0.411 e. The smallest absolute Gasteiger partial charge is 0.411 e. The first-order chi connectivity index (χ1) is 11.6. The normalized spacial score (nSPS) is 10.1. The summed E-state index contributed by atoms with van der Waals surface area (Å²) in [6.45, 7) is 2.42. The van der Waals surface area contributed by atoms with Crippen LogP contribution >= 0.6 is 0 Å². The van der Waals surface area contributed by atoms with E-state index in [0.29, 0.717) is 23.6 Å². The molecule has 0 aliphatic rings. The molecule has 2 aromatic rings. The van der Waals surface area contributed by atoms with Crippen LogP contribution in [0.15, 0.2) is 42.6 Å². The van der Waals surface area contributed by atoms with Crippen molar-refractivity contribution in [3.05, 3.63) is 59.4 Å². The fraction of sp³-hybridized carbons (Fsp3) is 0.235. The number of aromatic nitrogens is 1. The number of nitrogens with zero attached hydrogens (tertiary/aromatic N) is 1. The molecule has 1 aromatic carbocycles. The molecule has 1 amide bonds. The number of carbonyl (C=O) groups excluding carboxylic acids is 2. The number of benzene rings is 1. The summed E-state index contributed by atoms with van der Waals surface area (Å²) >= 11 is 0. The first kappa shape index (κ1) is 17.4. The number of anilines is 1. The number of amides is 1. The zero-order chi connectivity index (χ0) is 17.4. The quantitative estimate of drug-likeness (QED) is 0.789. The summed E-state index contributed by atoms with van der Waals surface area (Å²) in [7, 11) is 0.